The maximum Gasteiger partial charge on any atom is 0.245 e. The third-order valence-electron chi connectivity index (χ3n) is 3.81. The van der Waals surface area contributed by atoms with Gasteiger partial charge in [-0.25, -0.2) is 0 Å². The van der Waals surface area contributed by atoms with Crippen LogP contribution < -0.4 is 5.32 Å². The fourth-order valence-corrected chi connectivity index (χ4v) is 2.34. The summed E-state index contributed by atoms with van der Waals surface area (Å²) in [5.74, 6) is 0.847. The van der Waals surface area contributed by atoms with Gasteiger partial charge in [0.25, 0.3) is 0 Å². The number of hydrogen-bond acceptors (Lipinski definition) is 3. The second kappa shape index (κ2) is 8.08. The highest BCUT2D eigenvalue weighted by Crippen LogP contribution is 2.16. The Morgan fingerprint density at radius 2 is 2.16 bits per heavy atom. The molecule has 1 rings (SSSR count). The summed E-state index contributed by atoms with van der Waals surface area (Å²) < 4.78 is 0. The summed E-state index contributed by atoms with van der Waals surface area (Å²) in [6.45, 7) is 6.63. The molecule has 0 aromatic heterocycles. The Morgan fingerprint density at radius 1 is 1.42 bits per heavy atom. The Labute approximate surface area is 116 Å². The summed E-state index contributed by atoms with van der Waals surface area (Å²) in [5, 5.41) is 2.93. The first-order valence-corrected chi connectivity index (χ1v) is 7.38. The molecule has 0 unspecified atom stereocenters. The molecule has 19 heavy (non-hydrogen) atoms. The van der Waals surface area contributed by atoms with Gasteiger partial charge < -0.3 is 5.32 Å². The number of rotatable bonds is 8. The lowest BCUT2D eigenvalue weighted by atomic mass is 9.98. The smallest absolute Gasteiger partial charge is 0.245 e. The molecule has 1 aliphatic rings. The van der Waals surface area contributed by atoms with Crippen molar-refractivity contribution in [2.24, 2.45) is 16.8 Å². The fraction of sp³-hybridized carbons (Fsp3) is 0.800. The van der Waals surface area contributed by atoms with Gasteiger partial charge in [0.15, 0.2) is 0 Å². The van der Waals surface area contributed by atoms with E-state index in [2.05, 4.69) is 17.2 Å². The van der Waals surface area contributed by atoms with E-state index in [1.807, 2.05) is 20.1 Å². The lowest BCUT2D eigenvalue weighted by Crippen LogP contribution is -2.36. The molecule has 0 bridgehead atoms. The Bertz CT molecular complexity index is 339. The van der Waals surface area contributed by atoms with Crippen molar-refractivity contribution in [3.05, 3.63) is 0 Å². The van der Waals surface area contributed by atoms with Crippen LogP contribution in [-0.4, -0.2) is 30.5 Å². The van der Waals surface area contributed by atoms with Crippen molar-refractivity contribution >= 4 is 17.9 Å². The molecule has 0 radical (unpaired) electrons. The molecule has 1 aliphatic heterocycles. The van der Waals surface area contributed by atoms with Gasteiger partial charge in [0.05, 0.1) is 0 Å². The Morgan fingerprint density at radius 3 is 2.74 bits per heavy atom. The number of aliphatic imine (C=N–C) groups is 1. The molecule has 1 amide bonds. The molecule has 0 saturated carbocycles. The summed E-state index contributed by atoms with van der Waals surface area (Å²) >= 11 is 0. The minimum absolute atomic E-state index is 0.0407. The number of nitrogens with one attached hydrogen (secondary N) is 1. The zero-order valence-corrected chi connectivity index (χ0v) is 12.3. The van der Waals surface area contributed by atoms with Gasteiger partial charge in [0.1, 0.15) is 11.8 Å². The first-order valence-electron chi connectivity index (χ1n) is 7.38. The number of carbonyl (C=O) groups excluding carboxylic acids is 2. The van der Waals surface area contributed by atoms with E-state index < -0.39 is 0 Å². The third kappa shape index (κ3) is 5.13. The van der Waals surface area contributed by atoms with Crippen LogP contribution >= 0.6 is 0 Å². The minimum Gasteiger partial charge on any atom is -0.354 e. The van der Waals surface area contributed by atoms with Gasteiger partial charge in [-0.15, -0.1) is 0 Å². The molecule has 4 nitrogen and oxygen atoms in total. The monoisotopic (exact) mass is 266 g/mol. The second-order valence-corrected chi connectivity index (χ2v) is 5.50. The maximum atomic E-state index is 11.8. The van der Waals surface area contributed by atoms with E-state index in [1.165, 1.54) is 0 Å². The number of unbranched alkanes of at least 4 members (excludes halogenated alkanes) is 1. The second-order valence-electron chi connectivity index (χ2n) is 5.50. The molecule has 0 aromatic carbocycles. The minimum atomic E-state index is -0.194. The van der Waals surface area contributed by atoms with Gasteiger partial charge in [0.2, 0.25) is 5.91 Å². The van der Waals surface area contributed by atoms with Crippen LogP contribution in [0.5, 0.6) is 0 Å². The molecule has 1 N–H and O–H groups in total. The van der Waals surface area contributed by atoms with E-state index in [9.17, 15) is 9.59 Å². The van der Waals surface area contributed by atoms with E-state index in [1.54, 1.807) is 0 Å². The molecule has 0 saturated heterocycles. The van der Waals surface area contributed by atoms with Crippen LogP contribution in [0.2, 0.25) is 0 Å². The van der Waals surface area contributed by atoms with Crippen molar-refractivity contribution in [2.45, 2.75) is 58.9 Å². The fourth-order valence-electron chi connectivity index (χ4n) is 2.34. The summed E-state index contributed by atoms with van der Waals surface area (Å²) in [7, 11) is 0. The first kappa shape index (κ1) is 15.9. The highest BCUT2D eigenvalue weighted by molar-refractivity contribution is 5.85. The van der Waals surface area contributed by atoms with Crippen LogP contribution in [-0.2, 0) is 9.59 Å². The van der Waals surface area contributed by atoms with Gasteiger partial charge in [-0.1, -0.05) is 27.2 Å². The standard InChI is InChI=1S/C15H26N2O2/c1-4-13(18)11(2)7-5-6-9-17-15(19)14-12(3)8-10-16-14/h10-12,14H,4-9H2,1-3H3,(H,17,19)/t11-,12+,14+/m1/s1. The molecule has 0 fully saturated rings. The lowest BCUT2D eigenvalue weighted by molar-refractivity contribution is -0.123. The molecular weight excluding hydrogens is 240 g/mol. The lowest BCUT2D eigenvalue weighted by Gasteiger charge is -2.13. The van der Waals surface area contributed by atoms with Crippen molar-refractivity contribution in [3.8, 4) is 0 Å². The molecule has 0 aromatic rings. The van der Waals surface area contributed by atoms with Gasteiger partial charge >= 0.3 is 0 Å². The molecular formula is C15H26N2O2. The van der Waals surface area contributed by atoms with Crippen LogP contribution in [0, 0.1) is 11.8 Å². The van der Waals surface area contributed by atoms with Crippen LogP contribution in [0.1, 0.15) is 52.9 Å². The summed E-state index contributed by atoms with van der Waals surface area (Å²) in [6.07, 6.45) is 6.19. The van der Waals surface area contributed by atoms with Crippen LogP contribution in [0.25, 0.3) is 0 Å². The third-order valence-corrected chi connectivity index (χ3v) is 3.81. The number of amides is 1. The number of carbonyl (C=O) groups is 2. The number of hydrogen-bond donors (Lipinski definition) is 1. The van der Waals surface area contributed by atoms with E-state index in [-0.39, 0.29) is 17.9 Å². The maximum absolute atomic E-state index is 11.8. The summed E-state index contributed by atoms with van der Waals surface area (Å²) in [6, 6.07) is -0.194. The van der Waals surface area contributed by atoms with Gasteiger partial charge in [0, 0.05) is 25.1 Å². The van der Waals surface area contributed by atoms with Crippen molar-refractivity contribution in [1.82, 2.24) is 5.32 Å². The largest absolute Gasteiger partial charge is 0.354 e. The van der Waals surface area contributed by atoms with Crippen molar-refractivity contribution in [2.75, 3.05) is 6.54 Å². The molecule has 0 aliphatic carbocycles. The normalized spacial score (nSPS) is 23.3. The topological polar surface area (TPSA) is 58.5 Å². The van der Waals surface area contributed by atoms with E-state index in [0.29, 0.717) is 24.7 Å². The highest BCUT2D eigenvalue weighted by atomic mass is 16.2. The van der Waals surface area contributed by atoms with Gasteiger partial charge in [-0.3, -0.25) is 14.6 Å². The van der Waals surface area contributed by atoms with E-state index in [0.717, 1.165) is 25.7 Å². The molecule has 3 atom stereocenters. The van der Waals surface area contributed by atoms with Gasteiger partial charge in [-0.2, -0.15) is 0 Å². The Balaban J connectivity index is 2.09. The molecule has 4 heteroatoms. The molecule has 1 heterocycles. The van der Waals surface area contributed by atoms with Gasteiger partial charge in [-0.05, 0) is 25.2 Å². The quantitative estimate of drug-likeness (QED) is 0.686. The SMILES string of the molecule is CCC(=O)[C@H](C)CCCCNC(=O)[C@H]1N=CC[C@@H]1C. The van der Waals surface area contributed by atoms with Crippen LogP contribution in [0.3, 0.4) is 0 Å². The Hall–Kier alpha value is -1.19. The average molecular weight is 266 g/mol. The van der Waals surface area contributed by atoms with E-state index in [4.69, 9.17) is 0 Å². The number of ketones is 1. The summed E-state index contributed by atoms with van der Waals surface area (Å²) in [5.41, 5.74) is 0. The summed E-state index contributed by atoms with van der Waals surface area (Å²) in [4.78, 5) is 27.4. The van der Waals surface area contributed by atoms with E-state index >= 15 is 0 Å². The van der Waals surface area contributed by atoms with Crippen LogP contribution in [0.4, 0.5) is 0 Å². The zero-order valence-electron chi connectivity index (χ0n) is 12.3. The predicted molar refractivity (Wildman–Crippen MR) is 77.4 cm³/mol. The number of Topliss-reactive ketones (excluding diaryl/α,β-unsaturated/α-hetero) is 1. The molecule has 0 spiro atoms. The zero-order chi connectivity index (χ0) is 14.3. The van der Waals surface area contributed by atoms with Crippen LogP contribution in [0.15, 0.2) is 4.99 Å². The Kier molecular flexibility index (Phi) is 6.74. The van der Waals surface area contributed by atoms with Crippen molar-refractivity contribution in [3.63, 3.8) is 0 Å². The average Bonchev–Trinajstić information content (AvgIpc) is 2.83. The number of nitrogens with zero attached hydrogens (tertiary/aromatic N) is 1. The predicted octanol–water partition coefficient (Wildman–Crippen LogP) is 2.37. The first-order chi connectivity index (χ1) is 9.06. The van der Waals surface area contributed by atoms with Crippen molar-refractivity contribution in [1.29, 1.82) is 0 Å². The van der Waals surface area contributed by atoms with Crippen molar-refractivity contribution < 1.29 is 9.59 Å². The molecule has 108 valence electrons. The highest BCUT2D eigenvalue weighted by Gasteiger charge is 2.26.